The van der Waals surface area contributed by atoms with Gasteiger partial charge in [-0.1, -0.05) is 6.07 Å². The van der Waals surface area contributed by atoms with Crippen molar-refractivity contribution in [2.24, 2.45) is 0 Å². The standard InChI is InChI=1S/C15H10F5NO5S/c1-27(23,24)21-14(22)10-6-12(17)13(7-11(10)16)25-8-3-2-4-9(5-8)26-15(18,19)20/h2-7H,1H3,(H,21,22). The summed E-state index contributed by atoms with van der Waals surface area (Å²) in [4.78, 5) is 11.6. The summed E-state index contributed by atoms with van der Waals surface area (Å²) in [7, 11) is -4.01. The van der Waals surface area contributed by atoms with E-state index in [0.717, 1.165) is 24.3 Å². The third-order valence-corrected chi connectivity index (χ3v) is 3.37. The zero-order chi connectivity index (χ0) is 20.4. The summed E-state index contributed by atoms with van der Waals surface area (Å²) in [5.74, 6) is -5.66. The number of nitrogens with one attached hydrogen (secondary N) is 1. The molecule has 2 aromatic rings. The van der Waals surface area contributed by atoms with E-state index in [1.165, 1.54) is 4.72 Å². The molecule has 0 radical (unpaired) electrons. The van der Waals surface area contributed by atoms with Crippen LogP contribution < -0.4 is 14.2 Å². The summed E-state index contributed by atoms with van der Waals surface area (Å²) < 4.78 is 96.7. The molecule has 1 N–H and O–H groups in total. The van der Waals surface area contributed by atoms with Crippen LogP contribution in [0.4, 0.5) is 22.0 Å². The molecule has 0 bridgehead atoms. The van der Waals surface area contributed by atoms with Crippen LogP contribution in [0, 0.1) is 11.6 Å². The van der Waals surface area contributed by atoms with Gasteiger partial charge in [-0.3, -0.25) is 4.79 Å². The topological polar surface area (TPSA) is 81.7 Å². The van der Waals surface area contributed by atoms with E-state index in [1.54, 1.807) is 0 Å². The lowest BCUT2D eigenvalue weighted by Crippen LogP contribution is -2.30. The monoisotopic (exact) mass is 411 g/mol. The quantitative estimate of drug-likeness (QED) is 0.764. The van der Waals surface area contributed by atoms with Gasteiger partial charge in [0.1, 0.15) is 17.3 Å². The molecular weight excluding hydrogens is 401 g/mol. The Morgan fingerprint density at radius 2 is 1.67 bits per heavy atom. The Kier molecular flexibility index (Phi) is 5.59. The second kappa shape index (κ2) is 7.39. The summed E-state index contributed by atoms with van der Waals surface area (Å²) >= 11 is 0. The van der Waals surface area contributed by atoms with Crippen molar-refractivity contribution in [1.29, 1.82) is 0 Å². The van der Waals surface area contributed by atoms with Crippen LogP contribution in [0.5, 0.6) is 17.2 Å². The van der Waals surface area contributed by atoms with Gasteiger partial charge in [0.15, 0.2) is 11.6 Å². The van der Waals surface area contributed by atoms with Crippen LogP contribution in [0.1, 0.15) is 10.4 Å². The molecule has 0 saturated carbocycles. The molecule has 2 rings (SSSR count). The second-order valence-electron chi connectivity index (χ2n) is 5.09. The molecule has 0 aliphatic carbocycles. The summed E-state index contributed by atoms with van der Waals surface area (Å²) in [6.45, 7) is 0. The lowest BCUT2D eigenvalue weighted by atomic mass is 10.2. The fraction of sp³-hybridized carbons (Fsp3) is 0.133. The van der Waals surface area contributed by atoms with Gasteiger partial charge in [0.05, 0.1) is 11.8 Å². The van der Waals surface area contributed by atoms with Crippen LogP contribution in [-0.2, 0) is 10.0 Å². The summed E-state index contributed by atoms with van der Waals surface area (Å²) in [6.07, 6.45) is -4.31. The normalized spacial score (nSPS) is 11.8. The van der Waals surface area contributed by atoms with Gasteiger partial charge in [-0.2, -0.15) is 0 Å². The summed E-state index contributed by atoms with van der Waals surface area (Å²) in [5, 5.41) is 0. The summed E-state index contributed by atoms with van der Waals surface area (Å²) in [5.41, 5.74) is -0.903. The molecule has 0 spiro atoms. The Morgan fingerprint density at radius 1 is 1.04 bits per heavy atom. The van der Waals surface area contributed by atoms with Crippen molar-refractivity contribution in [1.82, 2.24) is 4.72 Å². The fourth-order valence-electron chi connectivity index (χ4n) is 1.87. The third kappa shape index (κ3) is 6.09. The molecule has 146 valence electrons. The van der Waals surface area contributed by atoms with E-state index >= 15 is 0 Å². The van der Waals surface area contributed by atoms with Crippen LogP contribution in [-0.4, -0.2) is 26.9 Å². The molecule has 2 aromatic carbocycles. The molecule has 27 heavy (non-hydrogen) atoms. The highest BCUT2D eigenvalue weighted by Gasteiger charge is 2.31. The van der Waals surface area contributed by atoms with Crippen LogP contribution in [0.25, 0.3) is 0 Å². The van der Waals surface area contributed by atoms with Gasteiger partial charge < -0.3 is 9.47 Å². The molecule has 0 aromatic heterocycles. The zero-order valence-electron chi connectivity index (χ0n) is 13.3. The van der Waals surface area contributed by atoms with Gasteiger partial charge in [0.25, 0.3) is 5.91 Å². The lowest BCUT2D eigenvalue weighted by molar-refractivity contribution is -0.274. The number of carbonyl (C=O) groups excluding carboxylic acids is 1. The van der Waals surface area contributed by atoms with Crippen LogP contribution in [0.15, 0.2) is 36.4 Å². The first-order chi connectivity index (χ1) is 12.3. The van der Waals surface area contributed by atoms with E-state index < -0.39 is 51.0 Å². The largest absolute Gasteiger partial charge is 0.573 e. The van der Waals surface area contributed by atoms with E-state index in [1.807, 2.05) is 0 Å². The Labute approximate surface area is 149 Å². The van der Waals surface area contributed by atoms with Crippen molar-refractivity contribution < 1.29 is 44.6 Å². The molecule has 0 saturated heterocycles. The molecule has 1 amide bonds. The fourth-order valence-corrected chi connectivity index (χ4v) is 2.31. The number of amides is 1. The van der Waals surface area contributed by atoms with Gasteiger partial charge in [-0.05, 0) is 18.2 Å². The van der Waals surface area contributed by atoms with Gasteiger partial charge in [0.2, 0.25) is 10.0 Å². The van der Waals surface area contributed by atoms with Gasteiger partial charge >= 0.3 is 6.36 Å². The minimum absolute atomic E-state index is 0.302. The second-order valence-corrected chi connectivity index (χ2v) is 6.84. The van der Waals surface area contributed by atoms with Crippen LogP contribution >= 0.6 is 0 Å². The van der Waals surface area contributed by atoms with E-state index in [2.05, 4.69) is 4.74 Å². The number of carbonyl (C=O) groups is 1. The van der Waals surface area contributed by atoms with E-state index in [-0.39, 0.29) is 5.75 Å². The first-order valence-corrected chi connectivity index (χ1v) is 8.78. The molecule has 0 unspecified atom stereocenters. The number of benzene rings is 2. The predicted molar refractivity (Wildman–Crippen MR) is 81.9 cm³/mol. The number of halogens is 5. The van der Waals surface area contributed by atoms with Crippen molar-refractivity contribution in [2.45, 2.75) is 6.36 Å². The zero-order valence-corrected chi connectivity index (χ0v) is 14.1. The van der Waals surface area contributed by atoms with Crippen molar-refractivity contribution in [3.63, 3.8) is 0 Å². The molecular formula is C15H10F5NO5S. The van der Waals surface area contributed by atoms with Crippen LogP contribution in [0.3, 0.4) is 0 Å². The highest BCUT2D eigenvalue weighted by atomic mass is 32.2. The van der Waals surface area contributed by atoms with Crippen LogP contribution in [0.2, 0.25) is 0 Å². The number of hydrogen-bond donors (Lipinski definition) is 1. The molecule has 0 heterocycles. The Bertz CT molecular complexity index is 975. The number of hydrogen-bond acceptors (Lipinski definition) is 5. The number of alkyl halides is 3. The Hall–Kier alpha value is -2.89. The SMILES string of the molecule is CS(=O)(=O)NC(=O)c1cc(F)c(Oc2cccc(OC(F)(F)F)c2)cc1F. The average Bonchev–Trinajstić information content (AvgIpc) is 2.47. The molecule has 0 aliphatic heterocycles. The van der Waals surface area contributed by atoms with Crippen molar-refractivity contribution in [2.75, 3.05) is 6.26 Å². The first kappa shape index (κ1) is 20.4. The molecule has 12 heteroatoms. The summed E-state index contributed by atoms with van der Waals surface area (Å²) in [6, 6.07) is 4.87. The van der Waals surface area contributed by atoms with E-state index in [9.17, 15) is 35.2 Å². The lowest BCUT2D eigenvalue weighted by Gasteiger charge is -2.12. The predicted octanol–water partition coefficient (Wildman–Crippen LogP) is 3.35. The molecule has 0 fully saturated rings. The van der Waals surface area contributed by atoms with E-state index in [4.69, 9.17) is 4.74 Å². The smallest absolute Gasteiger partial charge is 0.454 e. The van der Waals surface area contributed by atoms with E-state index in [0.29, 0.717) is 18.4 Å². The van der Waals surface area contributed by atoms with Crippen molar-refractivity contribution >= 4 is 15.9 Å². The maximum Gasteiger partial charge on any atom is 0.573 e. The Morgan fingerprint density at radius 3 is 2.26 bits per heavy atom. The number of ether oxygens (including phenoxy) is 2. The highest BCUT2D eigenvalue weighted by Crippen LogP contribution is 2.31. The number of sulfonamides is 1. The maximum atomic E-state index is 14.0. The molecule has 0 atom stereocenters. The van der Waals surface area contributed by atoms with Gasteiger partial charge in [0, 0.05) is 12.1 Å². The van der Waals surface area contributed by atoms with Gasteiger partial charge in [-0.25, -0.2) is 21.9 Å². The maximum absolute atomic E-state index is 14.0. The minimum atomic E-state index is -4.95. The molecule has 6 nitrogen and oxygen atoms in total. The first-order valence-electron chi connectivity index (χ1n) is 6.89. The van der Waals surface area contributed by atoms with Gasteiger partial charge in [-0.15, -0.1) is 13.2 Å². The minimum Gasteiger partial charge on any atom is -0.454 e. The Balaban J connectivity index is 2.27. The average molecular weight is 411 g/mol. The highest BCUT2D eigenvalue weighted by molar-refractivity contribution is 7.89. The van der Waals surface area contributed by atoms with Crippen molar-refractivity contribution in [3.8, 4) is 17.2 Å². The van der Waals surface area contributed by atoms with Crippen molar-refractivity contribution in [3.05, 3.63) is 53.6 Å². The number of rotatable bonds is 5. The molecule has 0 aliphatic rings. The third-order valence-electron chi connectivity index (χ3n) is 2.81.